The van der Waals surface area contributed by atoms with Crippen molar-refractivity contribution in [3.63, 3.8) is 0 Å². The minimum Gasteiger partial charge on any atom is -0.328 e. The van der Waals surface area contributed by atoms with Crippen LogP contribution in [0.4, 0.5) is 5.00 Å². The average molecular weight is 202 g/mol. The first-order chi connectivity index (χ1) is 5.63. The third-order valence-corrected chi connectivity index (χ3v) is 2.67. The van der Waals surface area contributed by atoms with Crippen LogP contribution in [0.15, 0.2) is 6.20 Å². The van der Waals surface area contributed by atoms with Gasteiger partial charge in [-0.1, -0.05) is 11.3 Å². The predicted molar refractivity (Wildman–Crippen MR) is 53.1 cm³/mol. The van der Waals surface area contributed by atoms with Crippen LogP contribution < -0.4 is 5.32 Å². The summed E-state index contributed by atoms with van der Waals surface area (Å²) < 4.78 is 2.71. The number of hydrogen-bond donors (Lipinski definition) is 1. The van der Waals surface area contributed by atoms with Gasteiger partial charge in [0.25, 0.3) is 0 Å². The van der Waals surface area contributed by atoms with E-state index in [9.17, 15) is 4.79 Å². The molecule has 1 aromatic rings. The van der Waals surface area contributed by atoms with Gasteiger partial charge in [0.05, 0.1) is 0 Å². The standard InChI is InChI=1S/C7H10N2OS2/c1-3-9-4-6(8-5(2)10)12-7(9)11/h4H,3H2,1-2H3,(H,8,10). The van der Waals surface area contributed by atoms with Crippen molar-refractivity contribution in [1.29, 1.82) is 0 Å². The zero-order chi connectivity index (χ0) is 9.14. The molecule has 1 amide bonds. The number of aryl methyl sites for hydroxylation is 1. The van der Waals surface area contributed by atoms with Gasteiger partial charge in [-0.05, 0) is 19.1 Å². The van der Waals surface area contributed by atoms with Gasteiger partial charge >= 0.3 is 0 Å². The maximum absolute atomic E-state index is 10.7. The summed E-state index contributed by atoms with van der Waals surface area (Å²) in [6, 6.07) is 0. The van der Waals surface area contributed by atoms with Crippen molar-refractivity contribution >= 4 is 34.5 Å². The molecule has 0 unspecified atom stereocenters. The number of carbonyl (C=O) groups is 1. The minimum atomic E-state index is -0.0606. The first kappa shape index (κ1) is 9.41. The first-order valence-corrected chi connectivity index (χ1v) is 4.84. The van der Waals surface area contributed by atoms with Crippen molar-refractivity contribution in [3.8, 4) is 0 Å². The number of rotatable bonds is 2. The van der Waals surface area contributed by atoms with Crippen molar-refractivity contribution in [2.75, 3.05) is 5.32 Å². The van der Waals surface area contributed by atoms with Crippen LogP contribution in [0.3, 0.4) is 0 Å². The van der Waals surface area contributed by atoms with E-state index in [-0.39, 0.29) is 5.91 Å². The summed E-state index contributed by atoms with van der Waals surface area (Å²) in [5, 5.41) is 3.51. The topological polar surface area (TPSA) is 34.0 Å². The van der Waals surface area contributed by atoms with Gasteiger partial charge in [-0.2, -0.15) is 0 Å². The molecule has 66 valence electrons. The molecule has 0 radical (unpaired) electrons. The van der Waals surface area contributed by atoms with Crippen molar-refractivity contribution < 1.29 is 4.79 Å². The molecule has 3 nitrogen and oxygen atoms in total. The Balaban J connectivity index is 2.89. The van der Waals surface area contributed by atoms with Crippen LogP contribution in [-0.2, 0) is 11.3 Å². The Hall–Kier alpha value is -0.680. The van der Waals surface area contributed by atoms with Crippen LogP contribution in [0, 0.1) is 3.95 Å². The number of amides is 1. The van der Waals surface area contributed by atoms with Gasteiger partial charge in [-0.15, -0.1) is 0 Å². The second-order valence-corrected chi connectivity index (χ2v) is 4.00. The zero-order valence-corrected chi connectivity index (χ0v) is 8.59. The second kappa shape index (κ2) is 3.82. The van der Waals surface area contributed by atoms with Crippen molar-refractivity contribution in [1.82, 2.24) is 4.57 Å². The maximum atomic E-state index is 10.7. The summed E-state index contributed by atoms with van der Waals surface area (Å²) in [5.41, 5.74) is 0. The SMILES string of the molecule is CCn1cc(NC(C)=O)sc1=S. The second-order valence-electron chi connectivity index (χ2n) is 2.33. The largest absolute Gasteiger partial charge is 0.328 e. The number of anilines is 1. The molecule has 1 N–H and O–H groups in total. The van der Waals surface area contributed by atoms with Crippen LogP contribution in [-0.4, -0.2) is 10.5 Å². The van der Waals surface area contributed by atoms with E-state index in [1.807, 2.05) is 17.7 Å². The van der Waals surface area contributed by atoms with Gasteiger partial charge in [-0.3, -0.25) is 4.79 Å². The Kier molecular flexibility index (Phi) is 2.99. The van der Waals surface area contributed by atoms with E-state index in [0.717, 1.165) is 15.5 Å². The summed E-state index contributed by atoms with van der Waals surface area (Å²) in [7, 11) is 0. The molecule has 0 aromatic carbocycles. The molecule has 0 saturated heterocycles. The Labute approximate surface area is 80.0 Å². The third kappa shape index (κ3) is 2.15. The van der Waals surface area contributed by atoms with Crippen molar-refractivity contribution in [2.45, 2.75) is 20.4 Å². The van der Waals surface area contributed by atoms with E-state index >= 15 is 0 Å². The summed E-state index contributed by atoms with van der Waals surface area (Å²) in [5.74, 6) is -0.0606. The quantitative estimate of drug-likeness (QED) is 0.746. The van der Waals surface area contributed by atoms with Gasteiger partial charge in [-0.25, -0.2) is 0 Å². The summed E-state index contributed by atoms with van der Waals surface area (Å²) in [6.45, 7) is 4.34. The molecule has 5 heteroatoms. The van der Waals surface area contributed by atoms with Crippen LogP contribution in [0.5, 0.6) is 0 Å². The molecule has 0 atom stereocenters. The normalized spacial score (nSPS) is 9.83. The van der Waals surface area contributed by atoms with Gasteiger partial charge in [0.15, 0.2) is 3.95 Å². The fourth-order valence-electron chi connectivity index (χ4n) is 0.825. The van der Waals surface area contributed by atoms with Gasteiger partial charge < -0.3 is 9.88 Å². The van der Waals surface area contributed by atoms with E-state index in [0.29, 0.717) is 0 Å². The molecule has 0 saturated carbocycles. The highest BCUT2D eigenvalue weighted by atomic mass is 32.1. The number of thiazole rings is 1. The minimum absolute atomic E-state index is 0.0606. The molecule has 1 rings (SSSR count). The fraction of sp³-hybridized carbons (Fsp3) is 0.429. The van der Waals surface area contributed by atoms with E-state index in [1.165, 1.54) is 18.3 Å². The highest BCUT2D eigenvalue weighted by Crippen LogP contribution is 2.17. The lowest BCUT2D eigenvalue weighted by molar-refractivity contribution is -0.114. The fourth-order valence-corrected chi connectivity index (χ4v) is 2.14. The molecular formula is C7H10N2OS2. The Morgan fingerprint density at radius 1 is 1.83 bits per heavy atom. The van der Waals surface area contributed by atoms with Crippen LogP contribution in [0.2, 0.25) is 0 Å². The molecule has 0 aliphatic heterocycles. The monoisotopic (exact) mass is 202 g/mol. The van der Waals surface area contributed by atoms with E-state index in [1.54, 1.807) is 0 Å². The van der Waals surface area contributed by atoms with Crippen LogP contribution >= 0.6 is 23.6 Å². The van der Waals surface area contributed by atoms with Gasteiger partial charge in [0.2, 0.25) is 5.91 Å². The lowest BCUT2D eigenvalue weighted by atomic mass is 10.6. The zero-order valence-electron chi connectivity index (χ0n) is 6.96. The number of carbonyl (C=O) groups excluding carboxylic acids is 1. The molecule has 0 aliphatic carbocycles. The maximum Gasteiger partial charge on any atom is 0.221 e. The number of hydrogen-bond acceptors (Lipinski definition) is 3. The molecule has 0 aliphatic rings. The number of nitrogens with zero attached hydrogens (tertiary/aromatic N) is 1. The molecule has 0 fully saturated rings. The van der Waals surface area contributed by atoms with Crippen molar-refractivity contribution in [3.05, 3.63) is 10.2 Å². The summed E-state index contributed by atoms with van der Waals surface area (Å²) in [6.07, 6.45) is 1.86. The third-order valence-electron chi connectivity index (χ3n) is 1.34. The number of aromatic nitrogens is 1. The van der Waals surface area contributed by atoms with E-state index in [2.05, 4.69) is 5.32 Å². The highest BCUT2D eigenvalue weighted by molar-refractivity contribution is 7.73. The summed E-state index contributed by atoms with van der Waals surface area (Å²) >= 11 is 6.47. The molecule has 1 heterocycles. The Morgan fingerprint density at radius 3 is 2.92 bits per heavy atom. The van der Waals surface area contributed by atoms with Crippen LogP contribution in [0.1, 0.15) is 13.8 Å². The van der Waals surface area contributed by atoms with Gasteiger partial charge in [0.1, 0.15) is 5.00 Å². The molecule has 1 aromatic heterocycles. The van der Waals surface area contributed by atoms with Crippen LogP contribution in [0.25, 0.3) is 0 Å². The summed E-state index contributed by atoms with van der Waals surface area (Å²) in [4.78, 5) is 10.7. The average Bonchev–Trinajstić information content (AvgIpc) is 2.29. The first-order valence-electron chi connectivity index (χ1n) is 3.61. The molecule has 0 bridgehead atoms. The van der Waals surface area contributed by atoms with Crippen molar-refractivity contribution in [2.24, 2.45) is 0 Å². The number of nitrogens with one attached hydrogen (secondary N) is 1. The Morgan fingerprint density at radius 2 is 2.50 bits per heavy atom. The Bertz CT molecular complexity index is 339. The smallest absolute Gasteiger partial charge is 0.221 e. The lowest BCUT2D eigenvalue weighted by Crippen LogP contribution is -2.04. The molecular weight excluding hydrogens is 192 g/mol. The predicted octanol–water partition coefficient (Wildman–Crippen LogP) is 2.26. The van der Waals surface area contributed by atoms with E-state index in [4.69, 9.17) is 12.2 Å². The molecule has 0 spiro atoms. The molecule has 12 heavy (non-hydrogen) atoms. The van der Waals surface area contributed by atoms with E-state index < -0.39 is 0 Å². The van der Waals surface area contributed by atoms with Gasteiger partial charge in [0, 0.05) is 19.7 Å². The lowest BCUT2D eigenvalue weighted by Gasteiger charge is -1.94. The highest BCUT2D eigenvalue weighted by Gasteiger charge is 2.00.